The molecule has 0 aliphatic carbocycles. The molecular formula is C12H12ClN. The van der Waals surface area contributed by atoms with Crippen LogP contribution in [-0.2, 0) is 0 Å². The number of benzene rings is 2. The monoisotopic (exact) mass is 205 g/mol. The van der Waals surface area contributed by atoms with Crippen LogP contribution in [0.15, 0.2) is 36.4 Å². The molecule has 0 radical (unpaired) electrons. The summed E-state index contributed by atoms with van der Waals surface area (Å²) in [6.07, 6.45) is 0. The molecular weight excluding hydrogens is 194 g/mol. The molecule has 0 N–H and O–H groups in total. The highest BCUT2D eigenvalue weighted by Crippen LogP contribution is 2.31. The van der Waals surface area contributed by atoms with Gasteiger partial charge in [-0.2, -0.15) is 0 Å². The van der Waals surface area contributed by atoms with Crippen LogP contribution in [0.25, 0.3) is 10.8 Å². The molecule has 0 amide bonds. The van der Waals surface area contributed by atoms with Crippen LogP contribution in [0.3, 0.4) is 0 Å². The second kappa shape index (κ2) is 3.50. The molecule has 2 rings (SSSR count). The number of rotatable bonds is 1. The maximum Gasteiger partial charge on any atom is 0.0505 e. The van der Waals surface area contributed by atoms with Crippen LogP contribution in [0.2, 0.25) is 5.02 Å². The van der Waals surface area contributed by atoms with E-state index in [0.29, 0.717) is 0 Å². The number of anilines is 1. The smallest absolute Gasteiger partial charge is 0.0505 e. The SMILES string of the molecule is CN(C)c1cccc2cccc(Cl)c12. The first-order valence-corrected chi connectivity index (χ1v) is 4.92. The van der Waals surface area contributed by atoms with Gasteiger partial charge in [0, 0.05) is 25.2 Å². The highest BCUT2D eigenvalue weighted by Gasteiger charge is 2.05. The Hall–Kier alpha value is -1.21. The normalized spacial score (nSPS) is 10.5. The summed E-state index contributed by atoms with van der Waals surface area (Å²) >= 11 is 6.18. The van der Waals surface area contributed by atoms with Gasteiger partial charge in [-0.1, -0.05) is 35.9 Å². The zero-order valence-electron chi connectivity index (χ0n) is 8.29. The highest BCUT2D eigenvalue weighted by atomic mass is 35.5. The third-order valence-electron chi connectivity index (χ3n) is 2.31. The van der Waals surface area contributed by atoms with Crippen LogP contribution < -0.4 is 4.90 Å². The van der Waals surface area contributed by atoms with E-state index in [0.717, 1.165) is 16.1 Å². The van der Waals surface area contributed by atoms with Crippen LogP contribution in [0.4, 0.5) is 5.69 Å². The zero-order chi connectivity index (χ0) is 10.1. The molecule has 2 heteroatoms. The van der Waals surface area contributed by atoms with E-state index in [1.165, 1.54) is 5.39 Å². The largest absolute Gasteiger partial charge is 0.377 e. The Morgan fingerprint density at radius 1 is 1.00 bits per heavy atom. The van der Waals surface area contributed by atoms with Crippen molar-refractivity contribution >= 4 is 28.1 Å². The van der Waals surface area contributed by atoms with Crippen molar-refractivity contribution in [3.63, 3.8) is 0 Å². The van der Waals surface area contributed by atoms with Crippen molar-refractivity contribution in [3.05, 3.63) is 41.4 Å². The van der Waals surface area contributed by atoms with Gasteiger partial charge >= 0.3 is 0 Å². The average Bonchev–Trinajstić information content (AvgIpc) is 2.17. The summed E-state index contributed by atoms with van der Waals surface area (Å²) in [4.78, 5) is 2.08. The van der Waals surface area contributed by atoms with Crippen molar-refractivity contribution in [2.75, 3.05) is 19.0 Å². The van der Waals surface area contributed by atoms with E-state index < -0.39 is 0 Å². The van der Waals surface area contributed by atoms with Gasteiger partial charge in [0.05, 0.1) is 5.02 Å². The van der Waals surface area contributed by atoms with E-state index in [9.17, 15) is 0 Å². The van der Waals surface area contributed by atoms with Gasteiger partial charge < -0.3 is 4.90 Å². The molecule has 0 atom stereocenters. The molecule has 0 saturated heterocycles. The van der Waals surface area contributed by atoms with Crippen molar-refractivity contribution in [3.8, 4) is 0 Å². The van der Waals surface area contributed by atoms with Crippen LogP contribution in [0, 0.1) is 0 Å². The molecule has 2 aromatic carbocycles. The zero-order valence-corrected chi connectivity index (χ0v) is 9.05. The first-order chi connectivity index (χ1) is 6.70. The van der Waals surface area contributed by atoms with Gasteiger partial charge in [0.2, 0.25) is 0 Å². The molecule has 0 fully saturated rings. The van der Waals surface area contributed by atoms with E-state index >= 15 is 0 Å². The highest BCUT2D eigenvalue weighted by molar-refractivity contribution is 6.36. The van der Waals surface area contributed by atoms with Crippen LogP contribution in [-0.4, -0.2) is 14.1 Å². The van der Waals surface area contributed by atoms with E-state index in [1.807, 2.05) is 32.3 Å². The van der Waals surface area contributed by atoms with Crippen LogP contribution in [0.5, 0.6) is 0 Å². The molecule has 0 unspecified atom stereocenters. The van der Waals surface area contributed by atoms with Gasteiger partial charge in [0.15, 0.2) is 0 Å². The Kier molecular flexibility index (Phi) is 2.34. The molecule has 2 aromatic rings. The molecule has 0 aliphatic heterocycles. The summed E-state index contributed by atoms with van der Waals surface area (Å²) in [6, 6.07) is 12.2. The van der Waals surface area contributed by atoms with Crippen molar-refractivity contribution in [1.82, 2.24) is 0 Å². The minimum atomic E-state index is 0.812. The van der Waals surface area contributed by atoms with Gasteiger partial charge in [-0.05, 0) is 17.5 Å². The molecule has 0 heterocycles. The van der Waals surface area contributed by atoms with Gasteiger partial charge in [-0.25, -0.2) is 0 Å². The van der Waals surface area contributed by atoms with Crippen LogP contribution in [0.1, 0.15) is 0 Å². The van der Waals surface area contributed by atoms with Crippen molar-refractivity contribution in [2.24, 2.45) is 0 Å². The van der Waals surface area contributed by atoms with Crippen molar-refractivity contribution in [1.29, 1.82) is 0 Å². The van der Waals surface area contributed by atoms with E-state index in [-0.39, 0.29) is 0 Å². The molecule has 0 spiro atoms. The molecule has 1 nitrogen and oxygen atoms in total. The minimum absolute atomic E-state index is 0.812. The fourth-order valence-electron chi connectivity index (χ4n) is 1.65. The molecule has 0 saturated carbocycles. The summed E-state index contributed by atoms with van der Waals surface area (Å²) in [5.74, 6) is 0. The Balaban J connectivity index is 2.84. The Morgan fingerprint density at radius 3 is 2.29 bits per heavy atom. The molecule has 0 bridgehead atoms. The second-order valence-corrected chi connectivity index (χ2v) is 3.92. The third-order valence-corrected chi connectivity index (χ3v) is 2.63. The topological polar surface area (TPSA) is 3.24 Å². The maximum atomic E-state index is 6.18. The fraction of sp³-hybridized carbons (Fsp3) is 0.167. The lowest BCUT2D eigenvalue weighted by Gasteiger charge is -2.16. The summed E-state index contributed by atoms with van der Waals surface area (Å²) in [5, 5.41) is 3.12. The number of hydrogen-bond donors (Lipinski definition) is 0. The van der Waals surface area contributed by atoms with Gasteiger partial charge in [0.25, 0.3) is 0 Å². The standard InChI is InChI=1S/C12H12ClN/c1-14(2)11-8-4-6-9-5-3-7-10(13)12(9)11/h3-8H,1-2H3. The lowest BCUT2D eigenvalue weighted by molar-refractivity contribution is 1.14. The third kappa shape index (κ3) is 1.44. The number of halogens is 1. The van der Waals surface area contributed by atoms with E-state index in [1.54, 1.807) is 0 Å². The number of nitrogens with zero attached hydrogens (tertiary/aromatic N) is 1. The number of hydrogen-bond acceptors (Lipinski definition) is 1. The molecule has 72 valence electrons. The first kappa shape index (κ1) is 9.35. The lowest BCUT2D eigenvalue weighted by atomic mass is 10.1. The fourth-order valence-corrected chi connectivity index (χ4v) is 1.93. The number of fused-ring (bicyclic) bond motifs is 1. The summed E-state index contributed by atoms with van der Waals surface area (Å²) < 4.78 is 0. The summed E-state index contributed by atoms with van der Waals surface area (Å²) in [6.45, 7) is 0. The Bertz CT molecular complexity index is 458. The maximum absolute atomic E-state index is 6.18. The van der Waals surface area contributed by atoms with Gasteiger partial charge in [-0.15, -0.1) is 0 Å². The lowest BCUT2D eigenvalue weighted by Crippen LogP contribution is -2.08. The first-order valence-electron chi connectivity index (χ1n) is 4.55. The Labute approximate surface area is 88.9 Å². The molecule has 0 aromatic heterocycles. The van der Waals surface area contributed by atoms with Crippen molar-refractivity contribution < 1.29 is 0 Å². The summed E-state index contributed by atoms with van der Waals surface area (Å²) in [7, 11) is 4.05. The predicted molar refractivity (Wildman–Crippen MR) is 63.3 cm³/mol. The second-order valence-electron chi connectivity index (χ2n) is 3.51. The van der Waals surface area contributed by atoms with E-state index in [2.05, 4.69) is 23.1 Å². The average molecular weight is 206 g/mol. The predicted octanol–water partition coefficient (Wildman–Crippen LogP) is 3.56. The van der Waals surface area contributed by atoms with Gasteiger partial charge in [0.1, 0.15) is 0 Å². The van der Waals surface area contributed by atoms with Gasteiger partial charge in [-0.3, -0.25) is 0 Å². The van der Waals surface area contributed by atoms with E-state index in [4.69, 9.17) is 11.6 Å². The molecule has 0 aliphatic rings. The quantitative estimate of drug-likeness (QED) is 0.688. The minimum Gasteiger partial charge on any atom is -0.377 e. The molecule has 14 heavy (non-hydrogen) atoms. The van der Waals surface area contributed by atoms with Crippen molar-refractivity contribution in [2.45, 2.75) is 0 Å². The summed E-state index contributed by atoms with van der Waals surface area (Å²) in [5.41, 5.74) is 1.16. The Morgan fingerprint density at radius 2 is 1.64 bits per heavy atom. The van der Waals surface area contributed by atoms with Crippen LogP contribution >= 0.6 is 11.6 Å².